The van der Waals surface area contributed by atoms with E-state index in [0.717, 1.165) is 5.56 Å². The summed E-state index contributed by atoms with van der Waals surface area (Å²) in [7, 11) is 0. The first-order valence-corrected chi connectivity index (χ1v) is 5.79. The number of carbonyl (C=O) groups is 1. The molecule has 0 saturated carbocycles. The van der Waals surface area contributed by atoms with Crippen LogP contribution in [0.4, 0.5) is 0 Å². The van der Waals surface area contributed by atoms with E-state index in [0.29, 0.717) is 6.54 Å². The summed E-state index contributed by atoms with van der Waals surface area (Å²) >= 11 is 8.93. The summed E-state index contributed by atoms with van der Waals surface area (Å²) in [5.74, 6) is -1.27. The molecule has 0 saturated heterocycles. The molecule has 0 aliphatic carbocycles. The fraction of sp³-hybridized carbons (Fsp3) is 0.273. The van der Waals surface area contributed by atoms with Gasteiger partial charge in [-0.25, -0.2) is 4.79 Å². The fourth-order valence-electron chi connectivity index (χ4n) is 1.30. The molecular weight excluding hydrogens is 258 g/mol. The van der Waals surface area contributed by atoms with E-state index < -0.39 is 12.1 Å². The Morgan fingerprint density at radius 3 is 2.47 bits per heavy atom. The van der Waals surface area contributed by atoms with E-state index in [1.165, 1.54) is 4.90 Å². The highest BCUT2D eigenvalue weighted by Crippen LogP contribution is 2.08. The van der Waals surface area contributed by atoms with Gasteiger partial charge in [0.15, 0.2) is 6.10 Å². The molecule has 0 heterocycles. The second kappa shape index (κ2) is 6.58. The van der Waals surface area contributed by atoms with Crippen LogP contribution in [-0.2, 0) is 11.3 Å². The van der Waals surface area contributed by atoms with E-state index in [9.17, 15) is 9.90 Å². The van der Waals surface area contributed by atoms with Crippen LogP contribution in [0.5, 0.6) is 0 Å². The van der Waals surface area contributed by atoms with Crippen LogP contribution in [-0.4, -0.2) is 38.1 Å². The zero-order valence-corrected chi connectivity index (χ0v) is 10.7. The van der Waals surface area contributed by atoms with Crippen molar-refractivity contribution in [3.8, 4) is 0 Å². The van der Waals surface area contributed by atoms with Gasteiger partial charge in [0.05, 0.1) is 6.54 Å². The van der Waals surface area contributed by atoms with Gasteiger partial charge < -0.3 is 15.1 Å². The largest absolute Gasteiger partial charge is 0.479 e. The number of aliphatic hydroxyl groups excluding tert-OH is 1. The number of hydrogen-bond donors (Lipinski definition) is 3. The number of hydrogen-bond acceptors (Lipinski definition) is 3. The zero-order chi connectivity index (χ0) is 12.8. The van der Waals surface area contributed by atoms with Crippen LogP contribution in [0, 0.1) is 0 Å². The first-order chi connectivity index (χ1) is 8.00. The maximum atomic E-state index is 10.6. The first kappa shape index (κ1) is 14.0. The molecule has 1 rings (SSSR count). The van der Waals surface area contributed by atoms with Gasteiger partial charge in [0, 0.05) is 6.54 Å². The summed E-state index contributed by atoms with van der Waals surface area (Å²) in [6.45, 7) is 0.347. The Morgan fingerprint density at radius 1 is 1.41 bits per heavy atom. The summed E-state index contributed by atoms with van der Waals surface area (Å²) in [6.07, 6.45) is -1.47. The molecule has 1 aromatic rings. The number of benzene rings is 1. The summed E-state index contributed by atoms with van der Waals surface area (Å²) in [4.78, 5) is 12.1. The summed E-state index contributed by atoms with van der Waals surface area (Å²) in [6, 6.07) is 9.43. The smallest absolute Gasteiger partial charge is 0.334 e. The van der Waals surface area contributed by atoms with Gasteiger partial charge in [-0.3, -0.25) is 0 Å². The van der Waals surface area contributed by atoms with E-state index >= 15 is 0 Å². The van der Waals surface area contributed by atoms with Crippen LogP contribution >= 0.6 is 24.8 Å². The molecule has 0 spiro atoms. The summed E-state index contributed by atoms with van der Waals surface area (Å²) in [5.41, 5.74) is 0.974. The Kier molecular flexibility index (Phi) is 5.40. The monoisotopic (exact) mass is 271 g/mol. The number of rotatable bonds is 5. The van der Waals surface area contributed by atoms with E-state index in [1.807, 2.05) is 30.3 Å². The molecule has 0 aromatic heterocycles. The molecule has 0 aliphatic rings. The molecule has 1 aromatic carbocycles. The average molecular weight is 271 g/mol. The minimum Gasteiger partial charge on any atom is -0.479 e. The third-order valence-electron chi connectivity index (χ3n) is 2.17. The van der Waals surface area contributed by atoms with Crippen LogP contribution in [0.25, 0.3) is 0 Å². The summed E-state index contributed by atoms with van der Waals surface area (Å²) in [5, 5.41) is 17.9. The third-order valence-corrected chi connectivity index (χ3v) is 2.71. The molecule has 2 N–H and O–H groups in total. The molecule has 0 amide bonds. The fourth-order valence-corrected chi connectivity index (χ4v) is 1.59. The first-order valence-electron chi connectivity index (χ1n) is 4.93. The van der Waals surface area contributed by atoms with Crippen LogP contribution in [0.3, 0.4) is 0 Å². The van der Waals surface area contributed by atoms with Gasteiger partial charge in [0.1, 0.15) is 4.32 Å². The highest BCUT2D eigenvalue weighted by Gasteiger charge is 2.18. The van der Waals surface area contributed by atoms with E-state index in [4.69, 9.17) is 17.3 Å². The van der Waals surface area contributed by atoms with Gasteiger partial charge in [0.2, 0.25) is 0 Å². The van der Waals surface area contributed by atoms with Crippen molar-refractivity contribution >= 4 is 35.1 Å². The van der Waals surface area contributed by atoms with E-state index in [1.54, 1.807) is 0 Å². The normalized spacial score (nSPS) is 11.9. The molecule has 0 radical (unpaired) electrons. The second-order valence-electron chi connectivity index (χ2n) is 3.50. The molecule has 0 bridgehead atoms. The minimum atomic E-state index is -1.47. The lowest BCUT2D eigenvalue weighted by atomic mass is 10.2. The summed E-state index contributed by atoms with van der Waals surface area (Å²) < 4.78 is 0.258. The van der Waals surface area contributed by atoms with Gasteiger partial charge in [-0.15, -0.1) is 12.6 Å². The van der Waals surface area contributed by atoms with Crippen LogP contribution < -0.4 is 0 Å². The number of carboxylic acids is 1. The molecule has 4 nitrogen and oxygen atoms in total. The highest BCUT2D eigenvalue weighted by molar-refractivity contribution is 8.10. The van der Waals surface area contributed by atoms with Crippen molar-refractivity contribution in [1.29, 1.82) is 0 Å². The SMILES string of the molecule is O=C(O)C(O)CN(Cc1ccccc1)C(=S)S. The highest BCUT2D eigenvalue weighted by atomic mass is 32.1. The number of aliphatic hydroxyl groups is 1. The van der Waals surface area contributed by atoms with Gasteiger partial charge in [-0.05, 0) is 5.56 Å². The Balaban J connectivity index is 2.67. The maximum absolute atomic E-state index is 10.6. The van der Waals surface area contributed by atoms with Crippen molar-refractivity contribution in [2.45, 2.75) is 12.6 Å². The number of nitrogens with zero attached hydrogens (tertiary/aromatic N) is 1. The van der Waals surface area contributed by atoms with Gasteiger partial charge in [0.25, 0.3) is 0 Å². The van der Waals surface area contributed by atoms with E-state index in [2.05, 4.69) is 12.6 Å². The third kappa shape index (κ3) is 4.72. The van der Waals surface area contributed by atoms with Crippen molar-refractivity contribution in [2.24, 2.45) is 0 Å². The molecule has 92 valence electrons. The topological polar surface area (TPSA) is 60.8 Å². The van der Waals surface area contributed by atoms with Gasteiger partial charge >= 0.3 is 5.97 Å². The maximum Gasteiger partial charge on any atom is 0.334 e. The van der Waals surface area contributed by atoms with E-state index in [-0.39, 0.29) is 10.9 Å². The molecule has 0 fully saturated rings. The van der Waals surface area contributed by atoms with Crippen molar-refractivity contribution in [3.05, 3.63) is 35.9 Å². The van der Waals surface area contributed by atoms with Gasteiger partial charge in [-0.2, -0.15) is 0 Å². The Hall–Kier alpha value is -1.11. The second-order valence-corrected chi connectivity index (χ2v) is 4.62. The van der Waals surface area contributed by atoms with Crippen molar-refractivity contribution in [1.82, 2.24) is 4.90 Å². The zero-order valence-electron chi connectivity index (χ0n) is 8.98. The Labute approximate surface area is 110 Å². The van der Waals surface area contributed by atoms with Crippen LogP contribution in [0.1, 0.15) is 5.56 Å². The number of thiocarbonyl (C=S) groups is 1. The quantitative estimate of drug-likeness (QED) is 0.554. The van der Waals surface area contributed by atoms with Gasteiger partial charge in [-0.1, -0.05) is 42.5 Å². The van der Waals surface area contributed by atoms with Crippen molar-refractivity contribution in [3.63, 3.8) is 0 Å². The number of aliphatic carboxylic acids is 1. The van der Waals surface area contributed by atoms with Crippen LogP contribution in [0.2, 0.25) is 0 Å². The predicted octanol–water partition coefficient (Wildman–Crippen LogP) is 1.15. The molecule has 6 heteroatoms. The van der Waals surface area contributed by atoms with Crippen molar-refractivity contribution < 1.29 is 15.0 Å². The molecule has 17 heavy (non-hydrogen) atoms. The van der Waals surface area contributed by atoms with Crippen molar-refractivity contribution in [2.75, 3.05) is 6.54 Å². The molecule has 1 atom stereocenters. The molecule has 1 unspecified atom stereocenters. The lowest BCUT2D eigenvalue weighted by Gasteiger charge is -2.24. The minimum absolute atomic E-state index is 0.0768. The Bertz CT molecular complexity index is 397. The predicted molar refractivity (Wildman–Crippen MR) is 72.1 cm³/mol. The number of carboxylic acid groups (broad SMARTS) is 1. The lowest BCUT2D eigenvalue weighted by molar-refractivity contribution is -0.147. The Morgan fingerprint density at radius 2 is 2.00 bits per heavy atom. The lowest BCUT2D eigenvalue weighted by Crippen LogP contribution is -2.37. The average Bonchev–Trinajstić information content (AvgIpc) is 2.29. The standard InChI is InChI=1S/C11H13NO3S2/c13-9(10(14)15)7-12(11(16)17)6-8-4-2-1-3-5-8/h1-5,9,13H,6-7H2,(H,14,15)(H,16,17). The number of thiol groups is 1. The molecule has 0 aliphatic heterocycles. The molecular formula is C11H13NO3S2. The van der Waals surface area contributed by atoms with Crippen LogP contribution in [0.15, 0.2) is 30.3 Å².